The molecule has 0 aliphatic carbocycles. The Hall–Kier alpha value is -0.0400. The molecule has 0 bridgehead atoms. The van der Waals surface area contributed by atoms with E-state index in [1.807, 2.05) is 59.6 Å². The van der Waals surface area contributed by atoms with Crippen molar-refractivity contribution in [1.29, 1.82) is 0 Å². The lowest BCUT2D eigenvalue weighted by Crippen LogP contribution is -1.93. The van der Waals surface area contributed by atoms with Gasteiger partial charge in [-0.1, -0.05) is 0 Å². The number of fused-ring (bicyclic) bond motifs is 2. The molecule has 0 radical (unpaired) electrons. The Morgan fingerprint density at radius 1 is 0.667 bits per heavy atom. The van der Waals surface area contributed by atoms with Crippen molar-refractivity contribution in [2.45, 2.75) is 19.6 Å². The van der Waals surface area contributed by atoms with Crippen molar-refractivity contribution < 1.29 is 8.83 Å². The maximum Gasteiger partial charge on any atom is 0.185 e. The fraction of sp³-hybridized carbons (Fsp3) is 0.333. The van der Waals surface area contributed by atoms with E-state index in [0.29, 0.717) is 0 Å². The van der Waals surface area contributed by atoms with Gasteiger partial charge in [-0.25, -0.2) is 0 Å². The second-order valence-electron chi connectivity index (χ2n) is 3.91. The molecule has 0 unspecified atom stereocenters. The Morgan fingerprint density at radius 2 is 1.11 bits per heavy atom. The van der Waals surface area contributed by atoms with Crippen LogP contribution in [0.5, 0.6) is 0 Å². The zero-order chi connectivity index (χ0) is 11.9. The average Bonchev–Trinajstić information content (AvgIpc) is 3.01. The van der Waals surface area contributed by atoms with Gasteiger partial charge in [0.1, 0.15) is 12.5 Å². The summed E-state index contributed by atoms with van der Waals surface area (Å²) in [5.74, 6) is 6.48. The van der Waals surface area contributed by atoms with Crippen molar-refractivity contribution in [2.24, 2.45) is 0 Å². The van der Waals surface area contributed by atoms with E-state index < -0.39 is 0 Å². The smallest absolute Gasteiger partial charge is 0.185 e. The SMILES string of the molecule is c1oc(-c2occ3c2SCCS3)c2c1SCCS2. The normalized spacial score (nSPS) is 18.4. The van der Waals surface area contributed by atoms with Crippen LogP contribution in [-0.2, 0) is 0 Å². The van der Waals surface area contributed by atoms with Gasteiger partial charge in [0, 0.05) is 23.0 Å². The standard InChI is InChI=1S/C12H10O2S4/c1-3-17-11-7(15-1)5-13-9(11)10-12-8(6-14-10)16-2-4-18-12/h5-6H,1-4H2. The molecule has 0 saturated heterocycles. The lowest BCUT2D eigenvalue weighted by Gasteiger charge is -2.11. The number of furan rings is 2. The van der Waals surface area contributed by atoms with E-state index in [-0.39, 0.29) is 0 Å². The van der Waals surface area contributed by atoms with Crippen LogP contribution in [0.2, 0.25) is 0 Å². The first kappa shape index (κ1) is 11.8. The summed E-state index contributed by atoms with van der Waals surface area (Å²) in [6.07, 6.45) is 3.74. The maximum atomic E-state index is 5.77. The predicted octanol–water partition coefficient (Wildman–Crippen LogP) is 4.94. The first-order valence-electron chi connectivity index (χ1n) is 5.68. The molecule has 0 spiro atoms. The molecule has 0 N–H and O–H groups in total. The summed E-state index contributed by atoms with van der Waals surface area (Å²) < 4.78 is 11.5. The number of rotatable bonds is 1. The largest absolute Gasteiger partial charge is 0.459 e. The predicted molar refractivity (Wildman–Crippen MR) is 79.3 cm³/mol. The molecule has 2 aromatic heterocycles. The highest BCUT2D eigenvalue weighted by Crippen LogP contribution is 2.50. The lowest BCUT2D eigenvalue weighted by atomic mass is 10.3. The molecular formula is C12H10O2S4. The quantitative estimate of drug-likeness (QED) is 0.740. The molecule has 0 fully saturated rings. The summed E-state index contributed by atoms with van der Waals surface area (Å²) in [6, 6.07) is 0. The molecule has 4 rings (SSSR count). The summed E-state index contributed by atoms with van der Waals surface area (Å²) in [7, 11) is 0. The van der Waals surface area contributed by atoms with Crippen LogP contribution in [0.25, 0.3) is 11.5 Å². The van der Waals surface area contributed by atoms with Crippen molar-refractivity contribution in [3.63, 3.8) is 0 Å². The van der Waals surface area contributed by atoms with Gasteiger partial charge in [0.05, 0.1) is 19.6 Å². The minimum atomic E-state index is 0.929. The summed E-state index contributed by atoms with van der Waals surface area (Å²) in [5, 5.41) is 0. The molecule has 2 aliphatic heterocycles. The Balaban J connectivity index is 1.83. The number of hydrogen-bond acceptors (Lipinski definition) is 6. The third kappa shape index (κ3) is 1.85. The van der Waals surface area contributed by atoms with Gasteiger partial charge in [-0.05, 0) is 0 Å². The Kier molecular flexibility index (Phi) is 3.14. The second kappa shape index (κ2) is 4.81. The van der Waals surface area contributed by atoms with Crippen molar-refractivity contribution in [1.82, 2.24) is 0 Å². The van der Waals surface area contributed by atoms with Crippen molar-refractivity contribution in [3.8, 4) is 11.5 Å². The zero-order valence-corrected chi connectivity index (χ0v) is 12.7. The third-order valence-corrected chi connectivity index (χ3v) is 7.83. The Bertz CT molecular complexity index is 535. The van der Waals surface area contributed by atoms with E-state index in [2.05, 4.69) is 0 Å². The van der Waals surface area contributed by atoms with Crippen LogP contribution in [0.1, 0.15) is 0 Å². The Morgan fingerprint density at radius 3 is 1.61 bits per heavy atom. The van der Waals surface area contributed by atoms with Gasteiger partial charge in [0.15, 0.2) is 11.5 Å². The molecule has 18 heavy (non-hydrogen) atoms. The maximum absolute atomic E-state index is 5.77. The molecule has 0 amide bonds. The van der Waals surface area contributed by atoms with Crippen LogP contribution in [0.3, 0.4) is 0 Å². The minimum absolute atomic E-state index is 0.929. The molecule has 6 heteroatoms. The van der Waals surface area contributed by atoms with E-state index in [1.165, 1.54) is 19.6 Å². The summed E-state index contributed by atoms with van der Waals surface area (Å²) in [4.78, 5) is 5.05. The van der Waals surface area contributed by atoms with Crippen LogP contribution >= 0.6 is 47.0 Å². The molecule has 94 valence electrons. The first-order chi connectivity index (χ1) is 8.93. The molecule has 0 atom stereocenters. The molecule has 0 aromatic carbocycles. The zero-order valence-electron chi connectivity index (χ0n) is 9.43. The fourth-order valence-corrected chi connectivity index (χ4v) is 6.53. The average molecular weight is 314 g/mol. The van der Waals surface area contributed by atoms with Gasteiger partial charge in [0.2, 0.25) is 0 Å². The van der Waals surface area contributed by atoms with E-state index in [0.717, 1.165) is 34.5 Å². The van der Waals surface area contributed by atoms with E-state index >= 15 is 0 Å². The molecule has 0 saturated carbocycles. The fourth-order valence-electron chi connectivity index (χ4n) is 2.04. The van der Waals surface area contributed by atoms with E-state index in [1.54, 1.807) is 0 Å². The van der Waals surface area contributed by atoms with Gasteiger partial charge in [0.25, 0.3) is 0 Å². The Labute approximate surface area is 122 Å². The number of hydrogen-bond donors (Lipinski definition) is 0. The summed E-state index contributed by atoms with van der Waals surface area (Å²) >= 11 is 7.51. The highest BCUT2D eigenvalue weighted by molar-refractivity contribution is 8.06. The van der Waals surface area contributed by atoms with Crippen molar-refractivity contribution in [2.75, 3.05) is 23.0 Å². The highest BCUT2D eigenvalue weighted by Gasteiger charge is 2.27. The van der Waals surface area contributed by atoms with Gasteiger partial charge >= 0.3 is 0 Å². The topological polar surface area (TPSA) is 26.3 Å². The van der Waals surface area contributed by atoms with Gasteiger partial charge in [-0.2, -0.15) is 0 Å². The minimum Gasteiger partial charge on any atom is -0.459 e. The third-order valence-electron chi connectivity index (χ3n) is 2.81. The molecule has 2 aliphatic rings. The first-order valence-corrected chi connectivity index (χ1v) is 9.62. The van der Waals surface area contributed by atoms with Gasteiger partial charge in [-0.15, -0.1) is 47.0 Å². The van der Waals surface area contributed by atoms with Crippen LogP contribution in [-0.4, -0.2) is 23.0 Å². The highest BCUT2D eigenvalue weighted by atomic mass is 32.2. The van der Waals surface area contributed by atoms with Crippen molar-refractivity contribution in [3.05, 3.63) is 12.5 Å². The van der Waals surface area contributed by atoms with Crippen LogP contribution in [0.15, 0.2) is 40.9 Å². The van der Waals surface area contributed by atoms with Gasteiger partial charge < -0.3 is 8.83 Å². The summed E-state index contributed by atoms with van der Waals surface area (Å²) in [6.45, 7) is 0. The van der Waals surface area contributed by atoms with Crippen LogP contribution in [0.4, 0.5) is 0 Å². The molecule has 2 nitrogen and oxygen atoms in total. The molecule has 4 heterocycles. The summed E-state index contributed by atoms with van der Waals surface area (Å²) in [5.41, 5.74) is 0. The number of thioether (sulfide) groups is 4. The van der Waals surface area contributed by atoms with E-state index in [4.69, 9.17) is 8.83 Å². The molecular weight excluding hydrogens is 304 g/mol. The van der Waals surface area contributed by atoms with Crippen molar-refractivity contribution >= 4 is 47.0 Å². The monoisotopic (exact) mass is 314 g/mol. The van der Waals surface area contributed by atoms with E-state index in [9.17, 15) is 0 Å². The van der Waals surface area contributed by atoms with Crippen LogP contribution < -0.4 is 0 Å². The second-order valence-corrected chi connectivity index (χ2v) is 8.39. The van der Waals surface area contributed by atoms with Crippen LogP contribution in [0, 0.1) is 0 Å². The lowest BCUT2D eigenvalue weighted by molar-refractivity contribution is 0.514. The molecule has 2 aromatic rings. The van der Waals surface area contributed by atoms with Gasteiger partial charge in [-0.3, -0.25) is 0 Å².